The summed E-state index contributed by atoms with van der Waals surface area (Å²) in [5.74, 6) is 0.610. The van der Waals surface area contributed by atoms with E-state index in [2.05, 4.69) is 0 Å². The van der Waals surface area contributed by atoms with Gasteiger partial charge in [0, 0.05) is 19.1 Å². The Morgan fingerprint density at radius 1 is 1.12 bits per heavy atom. The van der Waals surface area contributed by atoms with Gasteiger partial charge in [-0.05, 0) is 31.6 Å². The summed E-state index contributed by atoms with van der Waals surface area (Å²) in [6.45, 7) is 1.39. The van der Waals surface area contributed by atoms with Crippen LogP contribution in [0.5, 0.6) is 0 Å². The minimum atomic E-state index is -3.10. The van der Waals surface area contributed by atoms with Gasteiger partial charge in [0.1, 0.15) is 0 Å². The summed E-state index contributed by atoms with van der Waals surface area (Å²) >= 11 is 0. The molecule has 2 aliphatic rings. The predicted molar refractivity (Wildman–Crippen MR) is 64.5 cm³/mol. The Morgan fingerprint density at radius 3 is 2.19 bits per heavy atom. The summed E-state index contributed by atoms with van der Waals surface area (Å²) in [6.07, 6.45) is 6.52. The number of nitrogens with two attached hydrogens (primary N) is 1. The highest BCUT2D eigenvalue weighted by Gasteiger charge is 2.34. The van der Waals surface area contributed by atoms with Gasteiger partial charge in [-0.3, -0.25) is 0 Å². The van der Waals surface area contributed by atoms with Gasteiger partial charge in [0.25, 0.3) is 0 Å². The van der Waals surface area contributed by atoms with Crippen molar-refractivity contribution in [3.63, 3.8) is 0 Å². The van der Waals surface area contributed by atoms with E-state index in [1.54, 1.807) is 4.31 Å². The fraction of sp³-hybridized carbons (Fsp3) is 1.00. The van der Waals surface area contributed by atoms with Gasteiger partial charge in [0.15, 0.2) is 0 Å². The van der Waals surface area contributed by atoms with Crippen LogP contribution in [0.2, 0.25) is 0 Å². The summed E-state index contributed by atoms with van der Waals surface area (Å²) in [7, 11) is -3.10. The van der Waals surface area contributed by atoms with Crippen LogP contribution in [-0.4, -0.2) is 37.6 Å². The first kappa shape index (κ1) is 12.3. The molecule has 0 radical (unpaired) electrons. The molecule has 2 rings (SSSR count). The van der Waals surface area contributed by atoms with Crippen LogP contribution in [0.25, 0.3) is 0 Å². The maximum atomic E-state index is 12.1. The van der Waals surface area contributed by atoms with E-state index >= 15 is 0 Å². The summed E-state index contributed by atoms with van der Waals surface area (Å²) in [6, 6.07) is -0.145. The predicted octanol–water partition coefficient (Wildman–Crippen LogP) is 0.929. The van der Waals surface area contributed by atoms with Crippen molar-refractivity contribution in [3.8, 4) is 0 Å². The van der Waals surface area contributed by atoms with E-state index in [-0.39, 0.29) is 11.8 Å². The molecular weight excluding hydrogens is 224 g/mol. The third kappa shape index (κ3) is 3.18. The Bertz CT molecular complexity index is 317. The van der Waals surface area contributed by atoms with Gasteiger partial charge >= 0.3 is 0 Å². The Balaban J connectivity index is 1.93. The Morgan fingerprint density at radius 2 is 1.69 bits per heavy atom. The van der Waals surface area contributed by atoms with E-state index < -0.39 is 10.0 Å². The van der Waals surface area contributed by atoms with E-state index in [0.29, 0.717) is 19.0 Å². The fourth-order valence-electron chi connectivity index (χ4n) is 2.33. The van der Waals surface area contributed by atoms with E-state index in [0.717, 1.165) is 38.5 Å². The topological polar surface area (TPSA) is 63.4 Å². The molecule has 16 heavy (non-hydrogen) atoms. The van der Waals surface area contributed by atoms with Crippen LogP contribution in [0.4, 0.5) is 0 Å². The molecule has 1 aliphatic heterocycles. The quantitative estimate of drug-likeness (QED) is 0.802. The third-order valence-electron chi connectivity index (χ3n) is 3.59. The zero-order valence-corrected chi connectivity index (χ0v) is 10.6. The molecule has 0 aromatic carbocycles. The molecule has 2 N–H and O–H groups in total. The van der Waals surface area contributed by atoms with Crippen LogP contribution in [0, 0.1) is 5.92 Å². The lowest BCUT2D eigenvalue weighted by Gasteiger charge is -2.22. The molecule has 0 bridgehead atoms. The largest absolute Gasteiger partial charge is 0.326 e. The zero-order chi connectivity index (χ0) is 11.6. The molecule has 1 unspecified atom stereocenters. The molecule has 5 heteroatoms. The van der Waals surface area contributed by atoms with Gasteiger partial charge in [-0.2, -0.15) is 0 Å². The normalized spacial score (nSPS) is 26.3. The fourth-order valence-corrected chi connectivity index (χ4v) is 4.11. The summed E-state index contributed by atoms with van der Waals surface area (Å²) in [5.41, 5.74) is 5.91. The molecule has 0 amide bonds. The summed E-state index contributed by atoms with van der Waals surface area (Å²) in [4.78, 5) is 0. The van der Waals surface area contributed by atoms with Crippen LogP contribution < -0.4 is 5.73 Å². The van der Waals surface area contributed by atoms with Gasteiger partial charge in [0.05, 0.1) is 5.75 Å². The average Bonchev–Trinajstić information content (AvgIpc) is 3.05. The minimum Gasteiger partial charge on any atom is -0.326 e. The van der Waals surface area contributed by atoms with Crippen molar-refractivity contribution in [2.45, 2.75) is 44.6 Å². The molecule has 1 atom stereocenters. The molecule has 94 valence electrons. The number of rotatable bonds is 4. The molecule has 0 aromatic rings. The summed E-state index contributed by atoms with van der Waals surface area (Å²) in [5, 5.41) is 0. The van der Waals surface area contributed by atoms with E-state index in [1.807, 2.05) is 0 Å². The molecule has 0 spiro atoms. The number of nitrogens with zero attached hydrogens (tertiary/aromatic N) is 1. The monoisotopic (exact) mass is 246 g/mol. The second-order valence-electron chi connectivity index (χ2n) is 5.09. The van der Waals surface area contributed by atoms with E-state index in [9.17, 15) is 8.42 Å². The SMILES string of the molecule is NC(CS(=O)(=O)N1CCCCCC1)C1CC1. The smallest absolute Gasteiger partial charge is 0.215 e. The Hall–Kier alpha value is -0.130. The van der Waals surface area contributed by atoms with Crippen LogP contribution in [-0.2, 0) is 10.0 Å². The first-order valence-corrected chi connectivity index (χ1v) is 7.94. The molecule has 1 heterocycles. The highest BCUT2D eigenvalue weighted by atomic mass is 32.2. The van der Waals surface area contributed by atoms with Crippen molar-refractivity contribution in [2.75, 3.05) is 18.8 Å². The van der Waals surface area contributed by atoms with Gasteiger partial charge in [-0.25, -0.2) is 12.7 Å². The second kappa shape index (κ2) is 5.02. The Labute approximate surface area is 98.2 Å². The number of hydrogen-bond acceptors (Lipinski definition) is 3. The van der Waals surface area contributed by atoms with Crippen molar-refractivity contribution < 1.29 is 8.42 Å². The molecule has 2 fully saturated rings. The third-order valence-corrected chi connectivity index (χ3v) is 5.55. The molecule has 1 saturated carbocycles. The van der Waals surface area contributed by atoms with Crippen LogP contribution >= 0.6 is 0 Å². The highest BCUT2D eigenvalue weighted by molar-refractivity contribution is 7.89. The van der Waals surface area contributed by atoms with Crippen molar-refractivity contribution in [1.82, 2.24) is 4.31 Å². The van der Waals surface area contributed by atoms with Gasteiger partial charge in [-0.1, -0.05) is 12.8 Å². The standard InChI is InChI=1S/C11H22N2O2S/c12-11(10-5-6-10)9-16(14,15)13-7-3-1-2-4-8-13/h10-11H,1-9,12H2. The highest BCUT2D eigenvalue weighted by Crippen LogP contribution is 2.32. The lowest BCUT2D eigenvalue weighted by atomic mass is 10.2. The van der Waals surface area contributed by atoms with Crippen LogP contribution in [0.1, 0.15) is 38.5 Å². The van der Waals surface area contributed by atoms with E-state index in [1.165, 1.54) is 0 Å². The van der Waals surface area contributed by atoms with Crippen molar-refractivity contribution in [2.24, 2.45) is 11.7 Å². The first-order chi connectivity index (χ1) is 7.59. The molecule has 1 aliphatic carbocycles. The number of sulfonamides is 1. The van der Waals surface area contributed by atoms with Crippen molar-refractivity contribution >= 4 is 10.0 Å². The lowest BCUT2D eigenvalue weighted by molar-refractivity contribution is 0.419. The van der Waals surface area contributed by atoms with Crippen LogP contribution in [0.15, 0.2) is 0 Å². The maximum Gasteiger partial charge on any atom is 0.215 e. The maximum absolute atomic E-state index is 12.1. The molecule has 4 nitrogen and oxygen atoms in total. The molecule has 1 saturated heterocycles. The second-order valence-corrected chi connectivity index (χ2v) is 7.11. The van der Waals surface area contributed by atoms with E-state index in [4.69, 9.17) is 5.73 Å². The van der Waals surface area contributed by atoms with Crippen molar-refractivity contribution in [3.05, 3.63) is 0 Å². The zero-order valence-electron chi connectivity index (χ0n) is 9.77. The van der Waals surface area contributed by atoms with Crippen LogP contribution in [0.3, 0.4) is 0 Å². The van der Waals surface area contributed by atoms with Gasteiger partial charge < -0.3 is 5.73 Å². The number of hydrogen-bond donors (Lipinski definition) is 1. The van der Waals surface area contributed by atoms with Crippen molar-refractivity contribution in [1.29, 1.82) is 0 Å². The molecule has 0 aromatic heterocycles. The Kier molecular flexibility index (Phi) is 3.87. The van der Waals surface area contributed by atoms with Gasteiger partial charge in [-0.15, -0.1) is 0 Å². The lowest BCUT2D eigenvalue weighted by Crippen LogP contribution is -2.41. The van der Waals surface area contributed by atoms with Gasteiger partial charge in [0.2, 0.25) is 10.0 Å². The minimum absolute atomic E-state index is 0.145. The average molecular weight is 246 g/mol. The first-order valence-electron chi connectivity index (χ1n) is 6.33. The molecular formula is C11H22N2O2S. The summed E-state index contributed by atoms with van der Waals surface area (Å²) < 4.78 is 25.9.